The smallest absolute Gasteiger partial charge is 0.413 e. The summed E-state index contributed by atoms with van der Waals surface area (Å²) in [5.41, 5.74) is 1.97. The third-order valence-electron chi connectivity index (χ3n) is 3.89. The number of ether oxygens (including phenoxy) is 1. The van der Waals surface area contributed by atoms with Gasteiger partial charge in [-0.1, -0.05) is 32.8 Å². The van der Waals surface area contributed by atoms with Gasteiger partial charge in [-0.2, -0.15) is 0 Å². The lowest BCUT2D eigenvalue weighted by Gasteiger charge is -2.18. The van der Waals surface area contributed by atoms with Crippen molar-refractivity contribution in [1.29, 1.82) is 0 Å². The Labute approximate surface area is 194 Å². The molecule has 3 heterocycles. The number of thioether (sulfide) groups is 1. The summed E-state index contributed by atoms with van der Waals surface area (Å²) >= 11 is 6.37. The number of rotatable bonds is 5. The average molecular weight is 523 g/mol. The molecule has 4 rings (SSSR count). The topological polar surface area (TPSA) is 113 Å². The molecule has 0 aliphatic heterocycles. The number of imidazole rings is 1. The van der Waals surface area contributed by atoms with Gasteiger partial charge >= 0.3 is 6.09 Å². The number of anilines is 1. The van der Waals surface area contributed by atoms with Crippen LogP contribution in [0.15, 0.2) is 33.2 Å². The Morgan fingerprint density at radius 3 is 2.84 bits per heavy atom. The molecule has 0 unspecified atom stereocenters. The Morgan fingerprint density at radius 1 is 1.32 bits per heavy atom. The van der Waals surface area contributed by atoms with Gasteiger partial charge in [-0.3, -0.25) is 9.88 Å². The first-order valence-corrected chi connectivity index (χ1v) is 11.8. The minimum Gasteiger partial charge on any atom is -0.444 e. The maximum absolute atomic E-state index is 11.9. The zero-order valence-electron chi connectivity index (χ0n) is 17.2. The van der Waals surface area contributed by atoms with E-state index in [1.165, 1.54) is 23.1 Å². The Balaban J connectivity index is 1.54. The lowest BCUT2D eigenvalue weighted by molar-refractivity contribution is 0.0636. The van der Waals surface area contributed by atoms with Crippen molar-refractivity contribution >= 4 is 61.3 Å². The first-order valence-electron chi connectivity index (χ1n) is 9.17. The summed E-state index contributed by atoms with van der Waals surface area (Å²) in [5, 5.41) is 17.6. The van der Waals surface area contributed by atoms with Crippen LogP contribution >= 0.6 is 39.0 Å². The van der Waals surface area contributed by atoms with Gasteiger partial charge in [0.15, 0.2) is 10.3 Å². The number of carbonyl (C=O) groups excluding carboxylic acids is 1. The molecule has 162 valence electrons. The summed E-state index contributed by atoms with van der Waals surface area (Å²) in [6.45, 7) is 5.44. The van der Waals surface area contributed by atoms with Crippen LogP contribution in [-0.4, -0.2) is 46.4 Å². The Bertz CT molecular complexity index is 1240. The van der Waals surface area contributed by atoms with Crippen molar-refractivity contribution in [2.24, 2.45) is 7.05 Å². The molecule has 10 nitrogen and oxygen atoms in total. The highest BCUT2D eigenvalue weighted by Crippen LogP contribution is 2.31. The summed E-state index contributed by atoms with van der Waals surface area (Å²) in [6.07, 6.45) is -0.525. The van der Waals surface area contributed by atoms with Gasteiger partial charge in [0.1, 0.15) is 5.60 Å². The van der Waals surface area contributed by atoms with E-state index in [9.17, 15) is 4.79 Å². The molecular formula is C18H19BrN8O2S2. The van der Waals surface area contributed by atoms with E-state index in [2.05, 4.69) is 41.8 Å². The second-order valence-electron chi connectivity index (χ2n) is 7.52. The fourth-order valence-corrected chi connectivity index (χ4v) is 4.74. The maximum atomic E-state index is 11.9. The number of amides is 1. The number of aromatic nitrogens is 7. The standard InChI is InChI=1S/C18H19BrN8O2S2/c1-18(2,3)29-17(28)22-14-20-11(8-30-14)9-31-16-21-12-6-5-10(19)7-13(12)27(16)15-23-24-25-26(15)4/h5-8H,9H2,1-4H3,(H,20,22,28). The van der Waals surface area contributed by atoms with E-state index in [1.54, 1.807) is 11.7 Å². The van der Waals surface area contributed by atoms with Crippen LogP contribution in [0.3, 0.4) is 0 Å². The van der Waals surface area contributed by atoms with Crippen molar-refractivity contribution in [1.82, 2.24) is 34.7 Å². The molecular weight excluding hydrogens is 504 g/mol. The minimum absolute atomic E-state index is 0.486. The van der Waals surface area contributed by atoms with E-state index in [0.717, 1.165) is 26.4 Å². The van der Waals surface area contributed by atoms with Gasteiger partial charge in [0.25, 0.3) is 5.95 Å². The van der Waals surface area contributed by atoms with Gasteiger partial charge in [0, 0.05) is 22.7 Å². The summed E-state index contributed by atoms with van der Waals surface area (Å²) in [5.74, 6) is 1.12. The molecule has 3 aromatic heterocycles. The summed E-state index contributed by atoms with van der Waals surface area (Å²) in [7, 11) is 1.78. The Kier molecular flexibility index (Phi) is 5.99. The zero-order valence-corrected chi connectivity index (χ0v) is 20.4. The lowest BCUT2D eigenvalue weighted by Crippen LogP contribution is -2.27. The molecule has 0 fully saturated rings. The maximum Gasteiger partial charge on any atom is 0.413 e. The molecule has 1 N–H and O–H groups in total. The van der Waals surface area contributed by atoms with Crippen molar-refractivity contribution in [3.8, 4) is 5.95 Å². The third kappa shape index (κ3) is 5.05. The van der Waals surface area contributed by atoms with E-state index in [4.69, 9.17) is 9.72 Å². The summed E-state index contributed by atoms with van der Waals surface area (Å²) < 4.78 is 9.71. The molecule has 0 saturated heterocycles. The van der Waals surface area contributed by atoms with Gasteiger partial charge in [0.2, 0.25) is 0 Å². The van der Waals surface area contributed by atoms with Crippen molar-refractivity contribution in [3.05, 3.63) is 33.7 Å². The van der Waals surface area contributed by atoms with Crippen LogP contribution in [0.4, 0.5) is 9.93 Å². The normalized spacial score (nSPS) is 11.8. The third-order valence-corrected chi connectivity index (χ3v) is 6.16. The Morgan fingerprint density at radius 2 is 2.13 bits per heavy atom. The van der Waals surface area contributed by atoms with Crippen LogP contribution < -0.4 is 5.32 Å². The van der Waals surface area contributed by atoms with Crippen LogP contribution in [0.25, 0.3) is 17.0 Å². The van der Waals surface area contributed by atoms with Crippen LogP contribution in [0.1, 0.15) is 26.5 Å². The largest absolute Gasteiger partial charge is 0.444 e. The summed E-state index contributed by atoms with van der Waals surface area (Å²) in [6, 6.07) is 5.86. The average Bonchev–Trinajstić information content (AvgIpc) is 3.36. The number of nitrogens with one attached hydrogen (secondary N) is 1. The number of fused-ring (bicyclic) bond motifs is 1. The second kappa shape index (κ2) is 8.55. The molecule has 0 spiro atoms. The number of nitrogens with zero attached hydrogens (tertiary/aromatic N) is 7. The van der Waals surface area contributed by atoms with Gasteiger partial charge in [-0.05, 0) is 49.4 Å². The van der Waals surface area contributed by atoms with E-state index in [-0.39, 0.29) is 0 Å². The van der Waals surface area contributed by atoms with Crippen molar-refractivity contribution < 1.29 is 9.53 Å². The van der Waals surface area contributed by atoms with E-state index >= 15 is 0 Å². The van der Waals surface area contributed by atoms with Crippen LogP contribution in [-0.2, 0) is 17.5 Å². The molecule has 0 bridgehead atoms. The highest BCUT2D eigenvalue weighted by atomic mass is 79.9. The molecule has 31 heavy (non-hydrogen) atoms. The quantitative estimate of drug-likeness (QED) is 0.383. The van der Waals surface area contributed by atoms with Gasteiger partial charge in [0.05, 0.1) is 16.7 Å². The van der Waals surface area contributed by atoms with Crippen molar-refractivity contribution in [3.63, 3.8) is 0 Å². The molecule has 0 aliphatic carbocycles. The number of benzene rings is 1. The molecule has 1 aromatic carbocycles. The first kappa shape index (κ1) is 21.7. The van der Waals surface area contributed by atoms with Crippen molar-refractivity contribution in [2.45, 2.75) is 37.3 Å². The predicted molar refractivity (Wildman–Crippen MR) is 123 cm³/mol. The van der Waals surface area contributed by atoms with Gasteiger partial charge in [-0.25, -0.2) is 19.4 Å². The zero-order chi connectivity index (χ0) is 22.2. The Hall–Kier alpha value is -2.51. The number of aryl methyl sites for hydroxylation is 1. The molecule has 1 amide bonds. The number of thiazole rings is 1. The lowest BCUT2D eigenvalue weighted by atomic mass is 10.2. The number of hydrogen-bond acceptors (Lipinski definition) is 9. The molecule has 0 radical (unpaired) electrons. The number of halogens is 1. The van der Waals surface area contributed by atoms with E-state index < -0.39 is 11.7 Å². The van der Waals surface area contributed by atoms with Crippen LogP contribution in [0, 0.1) is 0 Å². The van der Waals surface area contributed by atoms with E-state index in [1.807, 2.05) is 48.9 Å². The molecule has 0 atom stereocenters. The van der Waals surface area contributed by atoms with Gasteiger partial charge < -0.3 is 4.74 Å². The molecule has 0 saturated carbocycles. The molecule has 13 heteroatoms. The fourth-order valence-electron chi connectivity index (χ4n) is 2.69. The molecule has 0 aliphatic rings. The number of carbonyl (C=O) groups is 1. The van der Waals surface area contributed by atoms with Crippen molar-refractivity contribution in [2.75, 3.05) is 5.32 Å². The monoisotopic (exact) mass is 522 g/mol. The second-order valence-corrected chi connectivity index (χ2v) is 10.2. The minimum atomic E-state index is -0.567. The summed E-state index contributed by atoms with van der Waals surface area (Å²) in [4.78, 5) is 21.2. The highest BCUT2D eigenvalue weighted by molar-refractivity contribution is 9.10. The fraction of sp³-hybridized carbons (Fsp3) is 0.333. The predicted octanol–water partition coefficient (Wildman–Crippen LogP) is 4.41. The highest BCUT2D eigenvalue weighted by Gasteiger charge is 2.19. The molecule has 4 aromatic rings. The SMILES string of the molecule is Cn1nnnc1-n1c(SCc2csc(NC(=O)OC(C)(C)C)n2)nc2ccc(Br)cc21. The van der Waals surface area contributed by atoms with Crippen LogP contribution in [0.5, 0.6) is 0 Å². The number of hydrogen-bond donors (Lipinski definition) is 1. The van der Waals surface area contributed by atoms with Crippen LogP contribution in [0.2, 0.25) is 0 Å². The first-order chi connectivity index (χ1) is 14.7. The number of tetrazole rings is 1. The van der Waals surface area contributed by atoms with Gasteiger partial charge in [-0.15, -0.1) is 11.3 Å². The van der Waals surface area contributed by atoms with E-state index in [0.29, 0.717) is 16.8 Å².